The van der Waals surface area contributed by atoms with E-state index in [4.69, 9.17) is 21.1 Å². The minimum absolute atomic E-state index is 0.342. The first-order valence-corrected chi connectivity index (χ1v) is 7.26. The number of ether oxygens (including phenoxy) is 2. The summed E-state index contributed by atoms with van der Waals surface area (Å²) >= 11 is 6.25. The lowest BCUT2D eigenvalue weighted by molar-refractivity contribution is 0.0597. The number of methoxy groups -OCH3 is 2. The molecule has 0 bridgehead atoms. The highest BCUT2D eigenvalue weighted by Gasteiger charge is 2.19. The maximum Gasteiger partial charge on any atom is 0.341 e. The fraction of sp³-hybridized carbons (Fsp3) is 0.533. The van der Waals surface area contributed by atoms with Crippen molar-refractivity contribution in [3.63, 3.8) is 0 Å². The second-order valence-corrected chi connectivity index (χ2v) is 5.41. The normalized spacial score (nSPS) is 15.8. The maximum atomic E-state index is 11.7. The number of nitrogens with one attached hydrogen (secondary N) is 1. The van der Waals surface area contributed by atoms with Crippen molar-refractivity contribution in [1.29, 1.82) is 0 Å². The van der Waals surface area contributed by atoms with Gasteiger partial charge < -0.3 is 14.8 Å². The lowest BCUT2D eigenvalue weighted by atomic mass is 9.95. The van der Waals surface area contributed by atoms with Gasteiger partial charge in [-0.2, -0.15) is 0 Å². The average Bonchev–Trinajstić information content (AvgIpc) is 2.49. The SMILES string of the molecule is COC(=O)c1cc(Cl)c(NC2CCCCC2)cc1OC. The lowest BCUT2D eigenvalue weighted by Gasteiger charge is -2.25. The Kier molecular flexibility index (Phi) is 5.12. The molecule has 20 heavy (non-hydrogen) atoms. The number of anilines is 1. The fourth-order valence-corrected chi connectivity index (χ4v) is 2.79. The van der Waals surface area contributed by atoms with Crippen LogP contribution in [0.2, 0.25) is 5.02 Å². The zero-order valence-electron chi connectivity index (χ0n) is 11.9. The molecule has 1 aromatic carbocycles. The standard InChI is InChI=1S/C15H20ClNO3/c1-19-14-9-13(17-10-6-4-3-5-7-10)12(16)8-11(14)15(18)20-2/h8-10,17H,3-7H2,1-2H3. The first-order chi connectivity index (χ1) is 9.65. The molecule has 4 nitrogen and oxygen atoms in total. The van der Waals surface area contributed by atoms with Gasteiger partial charge in [-0.25, -0.2) is 4.79 Å². The lowest BCUT2D eigenvalue weighted by Crippen LogP contribution is -2.22. The number of hydrogen-bond acceptors (Lipinski definition) is 4. The molecule has 1 N–H and O–H groups in total. The highest BCUT2D eigenvalue weighted by molar-refractivity contribution is 6.33. The monoisotopic (exact) mass is 297 g/mol. The Morgan fingerprint density at radius 3 is 2.55 bits per heavy atom. The van der Waals surface area contributed by atoms with Gasteiger partial charge in [0.15, 0.2) is 0 Å². The van der Waals surface area contributed by atoms with Crippen LogP contribution in [0.3, 0.4) is 0 Å². The molecule has 0 heterocycles. The van der Waals surface area contributed by atoms with Crippen LogP contribution in [0.5, 0.6) is 5.75 Å². The minimum atomic E-state index is -0.451. The van der Waals surface area contributed by atoms with Crippen molar-refractivity contribution in [1.82, 2.24) is 0 Å². The second kappa shape index (κ2) is 6.84. The molecule has 0 unspecified atom stereocenters. The Morgan fingerprint density at radius 2 is 1.95 bits per heavy atom. The van der Waals surface area contributed by atoms with Crippen LogP contribution in [0.15, 0.2) is 12.1 Å². The topological polar surface area (TPSA) is 47.6 Å². The van der Waals surface area contributed by atoms with Gasteiger partial charge in [0.25, 0.3) is 0 Å². The Labute approximate surface area is 124 Å². The molecule has 110 valence electrons. The third-order valence-electron chi connectivity index (χ3n) is 3.66. The van der Waals surface area contributed by atoms with Crippen LogP contribution in [0.4, 0.5) is 5.69 Å². The highest BCUT2D eigenvalue weighted by atomic mass is 35.5. The summed E-state index contributed by atoms with van der Waals surface area (Å²) < 4.78 is 9.98. The smallest absolute Gasteiger partial charge is 0.341 e. The largest absolute Gasteiger partial charge is 0.496 e. The molecular formula is C15H20ClNO3. The Morgan fingerprint density at radius 1 is 1.25 bits per heavy atom. The number of esters is 1. The van der Waals surface area contributed by atoms with E-state index in [-0.39, 0.29) is 0 Å². The minimum Gasteiger partial charge on any atom is -0.496 e. The van der Waals surface area contributed by atoms with Crippen molar-refractivity contribution in [2.24, 2.45) is 0 Å². The van der Waals surface area contributed by atoms with E-state index >= 15 is 0 Å². The van der Waals surface area contributed by atoms with Gasteiger partial charge in [0.1, 0.15) is 11.3 Å². The molecule has 0 amide bonds. The van der Waals surface area contributed by atoms with Crippen LogP contribution in [0.25, 0.3) is 0 Å². The highest BCUT2D eigenvalue weighted by Crippen LogP contribution is 2.33. The van der Waals surface area contributed by atoms with E-state index in [1.165, 1.54) is 33.5 Å². The molecule has 1 saturated carbocycles. The van der Waals surface area contributed by atoms with E-state index in [1.807, 2.05) is 0 Å². The summed E-state index contributed by atoms with van der Waals surface area (Å²) in [6.07, 6.45) is 6.09. The van der Waals surface area contributed by atoms with Crippen LogP contribution in [0.1, 0.15) is 42.5 Å². The molecule has 1 fully saturated rings. The summed E-state index contributed by atoms with van der Waals surface area (Å²) in [6, 6.07) is 3.80. The molecule has 0 saturated heterocycles. The number of hydrogen-bond donors (Lipinski definition) is 1. The summed E-state index contributed by atoms with van der Waals surface area (Å²) in [4.78, 5) is 11.7. The van der Waals surface area contributed by atoms with Gasteiger partial charge in [0, 0.05) is 12.1 Å². The molecular weight excluding hydrogens is 278 g/mol. The molecule has 1 aliphatic rings. The molecule has 1 aliphatic carbocycles. The molecule has 5 heteroatoms. The summed E-state index contributed by atoms with van der Waals surface area (Å²) in [7, 11) is 2.87. The van der Waals surface area contributed by atoms with E-state index < -0.39 is 5.97 Å². The van der Waals surface area contributed by atoms with Gasteiger partial charge in [0.05, 0.1) is 24.9 Å². The van der Waals surface area contributed by atoms with E-state index in [0.717, 1.165) is 18.5 Å². The number of rotatable bonds is 4. The second-order valence-electron chi connectivity index (χ2n) is 5.00. The first-order valence-electron chi connectivity index (χ1n) is 6.88. The maximum absolute atomic E-state index is 11.7. The van der Waals surface area contributed by atoms with Crippen molar-refractivity contribution in [3.05, 3.63) is 22.7 Å². The third kappa shape index (κ3) is 3.37. The van der Waals surface area contributed by atoms with Crippen LogP contribution >= 0.6 is 11.6 Å². The van der Waals surface area contributed by atoms with Crippen LogP contribution in [-0.2, 0) is 4.74 Å². The molecule has 2 rings (SSSR count). The predicted molar refractivity (Wildman–Crippen MR) is 79.8 cm³/mol. The van der Waals surface area contributed by atoms with Crippen molar-refractivity contribution >= 4 is 23.3 Å². The molecule has 0 aromatic heterocycles. The molecule has 0 radical (unpaired) electrons. The molecule has 0 atom stereocenters. The first kappa shape index (κ1) is 15.0. The zero-order valence-corrected chi connectivity index (χ0v) is 12.6. The van der Waals surface area contributed by atoms with Gasteiger partial charge in [-0.05, 0) is 18.9 Å². The summed E-state index contributed by atoms with van der Waals surface area (Å²) in [5.41, 5.74) is 1.15. The Balaban J connectivity index is 2.23. The van der Waals surface area contributed by atoms with E-state index in [2.05, 4.69) is 5.32 Å². The Bertz CT molecular complexity index is 484. The zero-order chi connectivity index (χ0) is 14.5. The van der Waals surface area contributed by atoms with Gasteiger partial charge in [-0.15, -0.1) is 0 Å². The quantitative estimate of drug-likeness (QED) is 0.857. The summed E-state index contributed by atoms with van der Waals surface area (Å²) in [5, 5.41) is 3.95. The van der Waals surface area contributed by atoms with Gasteiger partial charge in [-0.3, -0.25) is 0 Å². The number of benzene rings is 1. The molecule has 0 spiro atoms. The predicted octanol–water partition coefficient (Wildman–Crippen LogP) is 3.88. The van der Waals surface area contributed by atoms with Crippen molar-refractivity contribution in [2.45, 2.75) is 38.1 Å². The molecule has 1 aromatic rings. The summed E-state index contributed by atoms with van der Waals surface area (Å²) in [6.45, 7) is 0. The fourth-order valence-electron chi connectivity index (χ4n) is 2.57. The van der Waals surface area contributed by atoms with Crippen LogP contribution < -0.4 is 10.1 Å². The summed E-state index contributed by atoms with van der Waals surface area (Å²) in [5.74, 6) is 0.0209. The number of carbonyl (C=O) groups excluding carboxylic acids is 1. The number of halogens is 1. The van der Waals surface area contributed by atoms with Gasteiger partial charge in [-0.1, -0.05) is 30.9 Å². The van der Waals surface area contributed by atoms with E-state index in [1.54, 1.807) is 12.1 Å². The average molecular weight is 298 g/mol. The van der Waals surface area contributed by atoms with Crippen LogP contribution in [0, 0.1) is 0 Å². The van der Waals surface area contributed by atoms with E-state index in [9.17, 15) is 4.79 Å². The van der Waals surface area contributed by atoms with Crippen molar-refractivity contribution in [2.75, 3.05) is 19.5 Å². The van der Waals surface area contributed by atoms with Gasteiger partial charge >= 0.3 is 5.97 Å². The van der Waals surface area contributed by atoms with Gasteiger partial charge in [0.2, 0.25) is 0 Å². The van der Waals surface area contributed by atoms with Crippen molar-refractivity contribution in [3.8, 4) is 5.75 Å². The van der Waals surface area contributed by atoms with E-state index in [0.29, 0.717) is 22.4 Å². The third-order valence-corrected chi connectivity index (χ3v) is 3.97. The van der Waals surface area contributed by atoms with Crippen LogP contribution in [-0.4, -0.2) is 26.2 Å². The molecule has 0 aliphatic heterocycles. The number of carbonyl (C=O) groups is 1. The van der Waals surface area contributed by atoms with Crippen molar-refractivity contribution < 1.29 is 14.3 Å². The Hall–Kier alpha value is -1.42.